The minimum absolute atomic E-state index is 0.0172. The number of Topliss-reactive ketones (excluding diaryl/α,β-unsaturated/α-hetero) is 1. The molecular formula is C22H23N3O5. The highest BCUT2D eigenvalue weighted by atomic mass is 16.6. The third-order valence-electron chi connectivity index (χ3n) is 5.07. The number of hydrogen-bond donors (Lipinski definition) is 1. The molecule has 8 heteroatoms. The summed E-state index contributed by atoms with van der Waals surface area (Å²) < 4.78 is 0. The fourth-order valence-electron chi connectivity index (χ4n) is 3.41. The van der Waals surface area contributed by atoms with Gasteiger partial charge in [0.2, 0.25) is 0 Å². The third kappa shape index (κ3) is 4.08. The van der Waals surface area contributed by atoms with E-state index in [2.05, 4.69) is 0 Å². The van der Waals surface area contributed by atoms with Crippen molar-refractivity contribution in [3.05, 3.63) is 80.9 Å². The first kappa shape index (κ1) is 21.2. The van der Waals surface area contributed by atoms with E-state index in [4.69, 9.17) is 0 Å². The van der Waals surface area contributed by atoms with Crippen molar-refractivity contribution in [1.29, 1.82) is 0 Å². The van der Waals surface area contributed by atoms with E-state index < -0.39 is 22.7 Å². The number of nitrogens with zero attached hydrogens (tertiary/aromatic N) is 3. The van der Waals surface area contributed by atoms with Crippen LogP contribution < -0.4 is 0 Å². The van der Waals surface area contributed by atoms with E-state index >= 15 is 0 Å². The lowest BCUT2D eigenvalue weighted by molar-refractivity contribution is -0.384. The van der Waals surface area contributed by atoms with Gasteiger partial charge >= 0.3 is 0 Å². The molecule has 0 radical (unpaired) electrons. The first-order valence-corrected chi connectivity index (χ1v) is 9.45. The van der Waals surface area contributed by atoms with Crippen LogP contribution in [-0.2, 0) is 9.59 Å². The summed E-state index contributed by atoms with van der Waals surface area (Å²) in [4.78, 5) is 39.4. The van der Waals surface area contributed by atoms with Gasteiger partial charge in [0, 0.05) is 30.8 Å². The predicted molar refractivity (Wildman–Crippen MR) is 112 cm³/mol. The number of aliphatic hydroxyl groups is 1. The van der Waals surface area contributed by atoms with Gasteiger partial charge in [-0.05, 0) is 38.7 Å². The van der Waals surface area contributed by atoms with E-state index in [0.29, 0.717) is 17.7 Å². The van der Waals surface area contributed by atoms with Crippen molar-refractivity contribution in [2.75, 3.05) is 27.2 Å². The zero-order valence-corrected chi connectivity index (χ0v) is 17.0. The Morgan fingerprint density at radius 1 is 1.10 bits per heavy atom. The molecule has 0 aromatic heterocycles. The Morgan fingerprint density at radius 3 is 2.23 bits per heavy atom. The molecule has 3 rings (SSSR count). The average Bonchev–Trinajstić information content (AvgIpc) is 2.97. The molecule has 1 amide bonds. The fourth-order valence-corrected chi connectivity index (χ4v) is 3.41. The smallest absolute Gasteiger partial charge is 0.295 e. The standard InChI is InChI=1S/C22H23N3O5/c1-14-4-6-16(7-5-14)20(26)18-19(15-8-10-17(11-9-15)25(29)30)24(13-12-23(2)3)22(28)21(18)27/h4-11,19,26H,12-13H2,1-3H3/t19-/m1/s1. The van der Waals surface area contributed by atoms with Gasteiger partial charge in [0.05, 0.1) is 16.5 Å². The highest BCUT2D eigenvalue weighted by Crippen LogP contribution is 2.39. The molecule has 1 heterocycles. The van der Waals surface area contributed by atoms with E-state index in [1.165, 1.54) is 29.2 Å². The number of hydrogen-bond acceptors (Lipinski definition) is 6. The van der Waals surface area contributed by atoms with Crippen LogP contribution in [0, 0.1) is 17.0 Å². The SMILES string of the molecule is Cc1ccc(C(O)=C2C(=O)C(=O)N(CCN(C)C)[C@@H]2c2ccc([N+](=O)[O-])cc2)cc1. The first-order valence-electron chi connectivity index (χ1n) is 9.45. The van der Waals surface area contributed by atoms with Crippen LogP contribution in [0.1, 0.15) is 22.7 Å². The molecule has 1 N–H and O–H groups in total. The van der Waals surface area contributed by atoms with Crippen molar-refractivity contribution >= 4 is 23.1 Å². The van der Waals surface area contributed by atoms with Crippen molar-refractivity contribution in [3.63, 3.8) is 0 Å². The second-order valence-corrected chi connectivity index (χ2v) is 7.51. The molecule has 0 bridgehead atoms. The molecule has 156 valence electrons. The number of aryl methyl sites for hydroxylation is 1. The Morgan fingerprint density at radius 2 is 1.70 bits per heavy atom. The van der Waals surface area contributed by atoms with Gasteiger partial charge in [-0.3, -0.25) is 19.7 Å². The van der Waals surface area contributed by atoms with Crippen LogP contribution in [0.5, 0.6) is 0 Å². The summed E-state index contributed by atoms with van der Waals surface area (Å²) in [5.74, 6) is -1.73. The maximum Gasteiger partial charge on any atom is 0.295 e. The lowest BCUT2D eigenvalue weighted by atomic mass is 9.95. The number of nitro groups is 1. The number of carbonyl (C=O) groups excluding carboxylic acids is 2. The number of carbonyl (C=O) groups is 2. The van der Waals surface area contributed by atoms with Gasteiger partial charge in [0.15, 0.2) is 0 Å². The zero-order chi connectivity index (χ0) is 22.0. The normalized spacial score (nSPS) is 18.3. The Hall–Kier alpha value is -3.52. The summed E-state index contributed by atoms with van der Waals surface area (Å²) in [6, 6.07) is 11.8. The van der Waals surface area contributed by atoms with Gasteiger partial charge in [0.1, 0.15) is 5.76 Å². The van der Waals surface area contributed by atoms with Crippen LogP contribution in [0.25, 0.3) is 5.76 Å². The van der Waals surface area contributed by atoms with Crippen LogP contribution in [-0.4, -0.2) is 58.7 Å². The molecule has 1 atom stereocenters. The van der Waals surface area contributed by atoms with Crippen LogP contribution in [0.4, 0.5) is 5.69 Å². The molecule has 0 spiro atoms. The fraction of sp³-hybridized carbons (Fsp3) is 0.273. The lowest BCUT2D eigenvalue weighted by Gasteiger charge is -2.26. The largest absolute Gasteiger partial charge is 0.507 e. The molecule has 0 saturated carbocycles. The van der Waals surface area contributed by atoms with Crippen LogP contribution in [0.15, 0.2) is 54.1 Å². The molecule has 8 nitrogen and oxygen atoms in total. The molecule has 2 aromatic carbocycles. The first-order chi connectivity index (χ1) is 14.2. The number of aliphatic hydroxyl groups excluding tert-OH is 1. The van der Waals surface area contributed by atoms with Gasteiger partial charge in [-0.15, -0.1) is 0 Å². The van der Waals surface area contributed by atoms with Crippen molar-refractivity contribution in [2.24, 2.45) is 0 Å². The molecule has 1 aliphatic heterocycles. The molecule has 1 fully saturated rings. The number of nitro benzene ring substituents is 1. The number of amides is 1. The second-order valence-electron chi connectivity index (χ2n) is 7.51. The molecule has 1 saturated heterocycles. The summed E-state index contributed by atoms with van der Waals surface area (Å²) in [6.45, 7) is 2.69. The van der Waals surface area contributed by atoms with Gasteiger partial charge in [0.25, 0.3) is 17.4 Å². The quantitative estimate of drug-likeness (QED) is 0.259. The maximum absolute atomic E-state index is 12.9. The van der Waals surface area contributed by atoms with Crippen molar-refractivity contribution in [1.82, 2.24) is 9.80 Å². The lowest BCUT2D eigenvalue weighted by Crippen LogP contribution is -2.35. The van der Waals surface area contributed by atoms with Crippen molar-refractivity contribution < 1.29 is 19.6 Å². The number of rotatable bonds is 6. The van der Waals surface area contributed by atoms with Gasteiger partial charge in [-0.25, -0.2) is 0 Å². The van der Waals surface area contributed by atoms with Crippen LogP contribution in [0.3, 0.4) is 0 Å². The number of ketones is 1. The molecule has 30 heavy (non-hydrogen) atoms. The van der Waals surface area contributed by atoms with Crippen LogP contribution >= 0.6 is 0 Å². The molecule has 1 aliphatic rings. The number of likely N-dealkylation sites (N-methyl/N-ethyl adjacent to an activating group) is 1. The predicted octanol–water partition coefficient (Wildman–Crippen LogP) is 2.89. The minimum Gasteiger partial charge on any atom is -0.507 e. The van der Waals surface area contributed by atoms with Gasteiger partial charge in [-0.2, -0.15) is 0 Å². The van der Waals surface area contributed by atoms with Crippen molar-refractivity contribution in [2.45, 2.75) is 13.0 Å². The minimum atomic E-state index is -0.827. The van der Waals surface area contributed by atoms with E-state index in [9.17, 15) is 24.8 Å². The Labute approximate surface area is 174 Å². The van der Waals surface area contributed by atoms with E-state index in [0.717, 1.165) is 5.56 Å². The van der Waals surface area contributed by atoms with Crippen LogP contribution in [0.2, 0.25) is 0 Å². The molecular weight excluding hydrogens is 386 g/mol. The average molecular weight is 409 g/mol. The Bertz CT molecular complexity index is 1010. The van der Waals surface area contributed by atoms with Gasteiger partial charge in [-0.1, -0.05) is 29.8 Å². The Kier molecular flexibility index (Phi) is 5.98. The van der Waals surface area contributed by atoms with E-state index in [1.54, 1.807) is 24.3 Å². The molecule has 0 aliphatic carbocycles. The second kappa shape index (κ2) is 8.46. The summed E-state index contributed by atoms with van der Waals surface area (Å²) in [5.41, 5.74) is 1.83. The monoisotopic (exact) mass is 409 g/mol. The molecule has 0 unspecified atom stereocenters. The van der Waals surface area contributed by atoms with Gasteiger partial charge < -0.3 is 14.9 Å². The van der Waals surface area contributed by atoms with Crippen molar-refractivity contribution in [3.8, 4) is 0 Å². The summed E-state index contributed by atoms with van der Waals surface area (Å²) in [6.07, 6.45) is 0. The number of benzene rings is 2. The zero-order valence-electron chi connectivity index (χ0n) is 17.0. The third-order valence-corrected chi connectivity index (χ3v) is 5.07. The number of non-ortho nitro benzene ring substituents is 1. The summed E-state index contributed by atoms with van der Waals surface area (Å²) in [5, 5.41) is 21.9. The maximum atomic E-state index is 12.9. The summed E-state index contributed by atoms with van der Waals surface area (Å²) >= 11 is 0. The summed E-state index contributed by atoms with van der Waals surface area (Å²) in [7, 11) is 3.70. The highest BCUT2D eigenvalue weighted by molar-refractivity contribution is 6.46. The topological polar surface area (TPSA) is 104 Å². The van der Waals surface area contributed by atoms with E-state index in [-0.39, 0.29) is 23.6 Å². The van der Waals surface area contributed by atoms with E-state index in [1.807, 2.05) is 25.9 Å². The number of likely N-dealkylation sites (tertiary alicyclic amines) is 1. The molecule has 2 aromatic rings. The Balaban J connectivity index is 2.13. The highest BCUT2D eigenvalue weighted by Gasteiger charge is 2.45.